The Morgan fingerprint density at radius 2 is 1.76 bits per heavy atom. The molecule has 2 N–H and O–H groups in total. The van der Waals surface area contributed by atoms with E-state index in [-0.39, 0.29) is 5.75 Å². The van der Waals surface area contributed by atoms with Crippen molar-refractivity contribution in [1.29, 1.82) is 0 Å². The number of benzene rings is 1. The minimum absolute atomic E-state index is 0.146. The highest BCUT2D eigenvalue weighted by Crippen LogP contribution is 2.24. The molecule has 6 nitrogen and oxygen atoms in total. The number of carbonyl (C=O) groups is 1. The summed E-state index contributed by atoms with van der Waals surface area (Å²) in [6, 6.07) is 9.80. The molecule has 0 saturated carbocycles. The Balaban J connectivity index is 1.68. The number of carboxylic acid groups (broad SMARTS) is 1. The number of hydrogen-bond acceptors (Lipinski definition) is 5. The predicted octanol–water partition coefficient (Wildman–Crippen LogP) is 2.12. The van der Waals surface area contributed by atoms with Crippen LogP contribution in [0.3, 0.4) is 0 Å². The normalized spacial score (nSPS) is 17.8. The molecule has 1 fully saturated rings. The van der Waals surface area contributed by atoms with Gasteiger partial charge in [0.05, 0.1) is 0 Å². The summed E-state index contributed by atoms with van der Waals surface area (Å²) in [4.78, 5) is 20.3. The molecule has 132 valence electrons. The zero-order chi connectivity index (χ0) is 17.6. The quantitative estimate of drug-likeness (QED) is 0.867. The molecule has 1 aromatic carbocycles. The van der Waals surface area contributed by atoms with Gasteiger partial charge in [-0.1, -0.05) is 12.1 Å². The number of phenolic OH excluding ortho intramolecular Hbond substituents is 1. The van der Waals surface area contributed by atoms with Crippen molar-refractivity contribution in [2.75, 3.05) is 26.2 Å². The molecule has 1 aliphatic rings. The Kier molecular flexibility index (Phi) is 5.63. The molecule has 1 atom stereocenters. The van der Waals surface area contributed by atoms with Crippen LogP contribution in [0.5, 0.6) is 5.75 Å². The van der Waals surface area contributed by atoms with Crippen molar-refractivity contribution >= 4 is 5.97 Å². The van der Waals surface area contributed by atoms with Crippen molar-refractivity contribution in [2.45, 2.75) is 19.0 Å². The van der Waals surface area contributed by atoms with Crippen molar-refractivity contribution in [2.24, 2.45) is 0 Å². The van der Waals surface area contributed by atoms with Crippen LogP contribution in [-0.4, -0.2) is 57.1 Å². The van der Waals surface area contributed by atoms with Gasteiger partial charge >= 0.3 is 5.97 Å². The first-order valence-corrected chi connectivity index (χ1v) is 8.50. The van der Waals surface area contributed by atoms with Crippen LogP contribution in [0.15, 0.2) is 48.8 Å². The van der Waals surface area contributed by atoms with Gasteiger partial charge in [0.2, 0.25) is 0 Å². The van der Waals surface area contributed by atoms with E-state index in [0.29, 0.717) is 12.1 Å². The third kappa shape index (κ3) is 4.55. The zero-order valence-corrected chi connectivity index (χ0v) is 14.1. The first-order valence-electron chi connectivity index (χ1n) is 8.50. The van der Waals surface area contributed by atoms with E-state index in [4.69, 9.17) is 0 Å². The van der Waals surface area contributed by atoms with Gasteiger partial charge in [-0.3, -0.25) is 19.6 Å². The Morgan fingerprint density at radius 3 is 2.44 bits per heavy atom. The van der Waals surface area contributed by atoms with Gasteiger partial charge in [0.25, 0.3) is 0 Å². The lowest BCUT2D eigenvalue weighted by molar-refractivity contribution is -0.143. The van der Waals surface area contributed by atoms with Crippen LogP contribution in [0.4, 0.5) is 0 Å². The molecular weight excluding hydrogens is 318 g/mol. The summed E-state index contributed by atoms with van der Waals surface area (Å²) in [5.41, 5.74) is 1.92. The molecule has 0 radical (unpaired) electrons. The van der Waals surface area contributed by atoms with Crippen molar-refractivity contribution in [3.05, 3.63) is 59.9 Å². The lowest BCUT2D eigenvalue weighted by atomic mass is 10.0. The highest BCUT2D eigenvalue weighted by atomic mass is 16.4. The van der Waals surface area contributed by atoms with Crippen molar-refractivity contribution in [3.63, 3.8) is 0 Å². The van der Waals surface area contributed by atoms with Crippen molar-refractivity contribution in [1.82, 2.24) is 14.8 Å². The number of rotatable bonds is 5. The molecule has 6 heteroatoms. The monoisotopic (exact) mass is 341 g/mol. The summed E-state index contributed by atoms with van der Waals surface area (Å²) in [7, 11) is 0. The number of nitrogens with zero attached hydrogens (tertiary/aromatic N) is 3. The van der Waals surface area contributed by atoms with Gasteiger partial charge < -0.3 is 10.2 Å². The number of phenols is 1. The Morgan fingerprint density at radius 1 is 1.04 bits per heavy atom. The average Bonchev–Trinajstić information content (AvgIpc) is 2.83. The second-order valence-corrected chi connectivity index (χ2v) is 6.35. The van der Waals surface area contributed by atoms with Crippen LogP contribution in [0.1, 0.15) is 23.6 Å². The van der Waals surface area contributed by atoms with E-state index in [2.05, 4.69) is 9.88 Å². The van der Waals surface area contributed by atoms with Crippen LogP contribution >= 0.6 is 0 Å². The van der Waals surface area contributed by atoms with Crippen LogP contribution in [0, 0.1) is 0 Å². The van der Waals surface area contributed by atoms with E-state index in [9.17, 15) is 15.0 Å². The molecule has 1 aliphatic heterocycles. The zero-order valence-electron chi connectivity index (χ0n) is 14.1. The maximum Gasteiger partial charge on any atom is 0.325 e. The van der Waals surface area contributed by atoms with E-state index in [1.807, 2.05) is 17.0 Å². The molecule has 1 aromatic heterocycles. The molecule has 1 unspecified atom stereocenters. The second kappa shape index (κ2) is 8.09. The fourth-order valence-electron chi connectivity index (χ4n) is 3.32. The molecule has 0 bridgehead atoms. The molecule has 2 aromatic rings. The standard InChI is InChI=1S/C19H23N3O3/c23-17-4-2-16(3-5-17)18(19(24)25)22-11-1-10-21(12-13-22)14-15-6-8-20-9-7-15/h2-9,18,23H,1,10-14H2,(H,24,25). The SMILES string of the molecule is O=C(O)C(c1ccc(O)cc1)N1CCCN(Cc2ccncc2)CC1. The smallest absolute Gasteiger partial charge is 0.325 e. The molecular formula is C19H23N3O3. The topological polar surface area (TPSA) is 76.9 Å². The Labute approximate surface area is 147 Å². The highest BCUT2D eigenvalue weighted by molar-refractivity contribution is 5.75. The first-order chi connectivity index (χ1) is 12.1. The van der Waals surface area contributed by atoms with Crippen LogP contribution < -0.4 is 0 Å². The maximum absolute atomic E-state index is 11.8. The second-order valence-electron chi connectivity index (χ2n) is 6.35. The number of pyridine rings is 1. The van der Waals surface area contributed by atoms with E-state index in [1.54, 1.807) is 36.7 Å². The lowest BCUT2D eigenvalue weighted by Gasteiger charge is -2.28. The number of aromatic hydroxyl groups is 1. The molecule has 2 heterocycles. The summed E-state index contributed by atoms with van der Waals surface area (Å²) < 4.78 is 0. The lowest BCUT2D eigenvalue weighted by Crippen LogP contribution is -2.37. The van der Waals surface area contributed by atoms with Crippen LogP contribution in [0.2, 0.25) is 0 Å². The minimum Gasteiger partial charge on any atom is -0.508 e. The average molecular weight is 341 g/mol. The van der Waals surface area contributed by atoms with E-state index < -0.39 is 12.0 Å². The van der Waals surface area contributed by atoms with Gasteiger partial charge in [0.15, 0.2) is 0 Å². The van der Waals surface area contributed by atoms with Crippen molar-refractivity contribution < 1.29 is 15.0 Å². The summed E-state index contributed by atoms with van der Waals surface area (Å²) in [6.07, 6.45) is 4.52. The molecule has 1 saturated heterocycles. The number of hydrogen-bond donors (Lipinski definition) is 2. The van der Waals surface area contributed by atoms with E-state index in [1.165, 1.54) is 5.56 Å². The Bertz CT molecular complexity index is 691. The minimum atomic E-state index is -0.853. The van der Waals surface area contributed by atoms with Gasteiger partial charge in [-0.05, 0) is 48.4 Å². The number of aliphatic carboxylic acids is 1. The fourth-order valence-corrected chi connectivity index (χ4v) is 3.32. The summed E-state index contributed by atoms with van der Waals surface area (Å²) in [6.45, 7) is 4.06. The molecule has 0 spiro atoms. The van der Waals surface area contributed by atoms with Gasteiger partial charge in [-0.15, -0.1) is 0 Å². The molecule has 0 amide bonds. The van der Waals surface area contributed by atoms with Gasteiger partial charge in [-0.2, -0.15) is 0 Å². The van der Waals surface area contributed by atoms with Gasteiger partial charge in [-0.25, -0.2) is 0 Å². The summed E-state index contributed by atoms with van der Waals surface area (Å²) in [5, 5.41) is 19.2. The van der Waals surface area contributed by atoms with Crippen molar-refractivity contribution in [3.8, 4) is 5.75 Å². The predicted molar refractivity (Wildman–Crippen MR) is 94.2 cm³/mol. The third-order valence-corrected chi connectivity index (χ3v) is 4.59. The van der Waals surface area contributed by atoms with Crippen LogP contribution in [-0.2, 0) is 11.3 Å². The van der Waals surface area contributed by atoms with Crippen LogP contribution in [0.25, 0.3) is 0 Å². The van der Waals surface area contributed by atoms with Gasteiger partial charge in [0, 0.05) is 38.6 Å². The first kappa shape index (κ1) is 17.4. The molecule has 25 heavy (non-hydrogen) atoms. The highest BCUT2D eigenvalue weighted by Gasteiger charge is 2.29. The van der Waals surface area contributed by atoms with E-state index in [0.717, 1.165) is 32.6 Å². The number of aromatic nitrogens is 1. The molecule has 0 aliphatic carbocycles. The fraction of sp³-hybridized carbons (Fsp3) is 0.368. The molecule has 3 rings (SSSR count). The maximum atomic E-state index is 11.8. The summed E-state index contributed by atoms with van der Waals surface area (Å²) in [5.74, 6) is -0.708. The van der Waals surface area contributed by atoms with Gasteiger partial charge in [0.1, 0.15) is 11.8 Å². The number of carboxylic acids is 1. The third-order valence-electron chi connectivity index (χ3n) is 4.59. The largest absolute Gasteiger partial charge is 0.508 e. The van der Waals surface area contributed by atoms with E-state index >= 15 is 0 Å². The Hall–Kier alpha value is -2.44. The summed E-state index contributed by atoms with van der Waals surface area (Å²) >= 11 is 0.